The predicted molar refractivity (Wildman–Crippen MR) is 249 cm³/mol. The van der Waals surface area contributed by atoms with E-state index in [1.54, 1.807) is 0 Å². The summed E-state index contributed by atoms with van der Waals surface area (Å²) in [6, 6.07) is 67.0. The molecule has 3 nitrogen and oxygen atoms in total. The molecule has 9 aromatic carbocycles. The van der Waals surface area contributed by atoms with Gasteiger partial charge in [-0.15, -0.1) is 0 Å². The maximum absolute atomic E-state index is 5.45. The monoisotopic (exact) mass is 765 g/mol. The van der Waals surface area contributed by atoms with Gasteiger partial charge in [0.25, 0.3) is 0 Å². The number of aromatic nitrogens is 2. The minimum absolute atomic E-state index is 0.290. The van der Waals surface area contributed by atoms with Gasteiger partial charge in [-0.3, -0.25) is 0 Å². The van der Waals surface area contributed by atoms with Gasteiger partial charge in [-0.25, -0.2) is 9.97 Å². The highest BCUT2D eigenvalue weighted by Gasteiger charge is 2.49. The highest BCUT2D eigenvalue weighted by Crippen LogP contribution is 2.65. The molecule has 60 heavy (non-hydrogen) atoms. The van der Waals surface area contributed by atoms with Gasteiger partial charge in [-0.05, 0) is 92.4 Å². The Labute approximate surface area is 349 Å². The van der Waals surface area contributed by atoms with E-state index in [1.807, 2.05) is 0 Å². The van der Waals surface area contributed by atoms with E-state index in [1.165, 1.54) is 83.3 Å². The number of rotatable bonds is 3. The second-order valence-corrected chi connectivity index (χ2v) is 17.4. The number of benzene rings is 9. The van der Waals surface area contributed by atoms with Gasteiger partial charge in [0.1, 0.15) is 0 Å². The Morgan fingerprint density at radius 2 is 1.13 bits per heavy atom. The van der Waals surface area contributed by atoms with Gasteiger partial charge < -0.3 is 4.90 Å². The maximum atomic E-state index is 5.45. The van der Waals surface area contributed by atoms with Crippen LogP contribution in [0.2, 0.25) is 0 Å². The summed E-state index contributed by atoms with van der Waals surface area (Å²) in [6.07, 6.45) is 0. The fourth-order valence-corrected chi connectivity index (χ4v) is 11.2. The molecule has 0 fully saturated rings. The van der Waals surface area contributed by atoms with Crippen molar-refractivity contribution in [3.05, 3.63) is 210 Å². The SMILES string of the molecule is CC1(C)c2ccccc2N2c3ccccc3-c3cccc4cc5c(c2c34)-c2c1cccc2C5(C)c1cccc(-c2nc(-c3ccccc3)c3c(ccc4ccccc43)n2)c1. The Morgan fingerprint density at radius 3 is 2.03 bits per heavy atom. The Balaban J connectivity index is 1.11. The molecule has 2 aliphatic heterocycles. The summed E-state index contributed by atoms with van der Waals surface area (Å²) in [5.41, 5.74) is 18.8. The van der Waals surface area contributed by atoms with Crippen LogP contribution in [0.1, 0.15) is 48.6 Å². The molecule has 1 unspecified atom stereocenters. The first-order valence-electron chi connectivity index (χ1n) is 21.0. The number of nitrogens with zero attached hydrogens (tertiary/aromatic N) is 3. The van der Waals surface area contributed by atoms with Gasteiger partial charge in [-0.2, -0.15) is 0 Å². The average molecular weight is 766 g/mol. The van der Waals surface area contributed by atoms with E-state index < -0.39 is 5.41 Å². The lowest BCUT2D eigenvalue weighted by Crippen LogP contribution is -2.27. The molecular weight excluding hydrogens is 727 g/mol. The third-order valence-corrected chi connectivity index (χ3v) is 14.0. The molecular formula is C57H39N3. The summed E-state index contributed by atoms with van der Waals surface area (Å²) in [5, 5.41) is 6.00. The molecule has 1 aromatic heterocycles. The fourth-order valence-electron chi connectivity index (χ4n) is 11.2. The van der Waals surface area contributed by atoms with E-state index in [9.17, 15) is 0 Å². The molecule has 1 aliphatic carbocycles. The standard InChI is InChI=1S/C57H39N3/c1-56(2)42-25-10-12-29-48(42)60-47-28-11-9-23-40(47)41-24-14-19-36-33-45-52(54(60)49(36)41)51-43(56)26-15-27-44(51)57(45,3)38-21-13-20-37(32-38)55-58-46-31-30-34-16-7-8-22-39(34)50(46)53(59-55)35-17-5-4-6-18-35/h4-33H,1-3H3. The number of hydrogen-bond donors (Lipinski definition) is 0. The van der Waals surface area contributed by atoms with E-state index in [0.717, 1.165) is 38.9 Å². The van der Waals surface area contributed by atoms with Crippen LogP contribution in [0.4, 0.5) is 17.1 Å². The second-order valence-electron chi connectivity index (χ2n) is 17.4. The van der Waals surface area contributed by atoms with E-state index in [0.29, 0.717) is 0 Å². The van der Waals surface area contributed by atoms with Crippen molar-refractivity contribution in [1.82, 2.24) is 9.97 Å². The smallest absolute Gasteiger partial charge is 0.160 e. The first kappa shape index (κ1) is 33.6. The fraction of sp³-hybridized carbons (Fsp3) is 0.0877. The quantitative estimate of drug-likeness (QED) is 0.168. The molecule has 0 bridgehead atoms. The zero-order chi connectivity index (χ0) is 39.9. The highest BCUT2D eigenvalue weighted by molar-refractivity contribution is 6.20. The third-order valence-electron chi connectivity index (χ3n) is 14.0. The molecule has 1 atom stereocenters. The molecule has 3 heteroatoms. The molecule has 13 rings (SSSR count). The van der Waals surface area contributed by atoms with Crippen LogP contribution >= 0.6 is 0 Å². The van der Waals surface area contributed by atoms with Crippen molar-refractivity contribution in [3.63, 3.8) is 0 Å². The van der Waals surface area contributed by atoms with Crippen molar-refractivity contribution in [1.29, 1.82) is 0 Å². The van der Waals surface area contributed by atoms with Gasteiger partial charge in [0.15, 0.2) is 5.82 Å². The molecule has 0 spiro atoms. The first-order chi connectivity index (χ1) is 29.4. The molecule has 0 N–H and O–H groups in total. The molecule has 0 saturated heterocycles. The zero-order valence-corrected chi connectivity index (χ0v) is 33.7. The van der Waals surface area contributed by atoms with E-state index in [-0.39, 0.29) is 5.41 Å². The van der Waals surface area contributed by atoms with Crippen LogP contribution in [0.25, 0.3) is 77.3 Å². The molecule has 282 valence electrons. The largest absolute Gasteiger partial charge is 0.308 e. The number of para-hydroxylation sites is 2. The molecule has 3 heterocycles. The van der Waals surface area contributed by atoms with Crippen LogP contribution < -0.4 is 4.90 Å². The summed E-state index contributed by atoms with van der Waals surface area (Å²) < 4.78 is 0. The lowest BCUT2D eigenvalue weighted by molar-refractivity contribution is 0.639. The summed E-state index contributed by atoms with van der Waals surface area (Å²) >= 11 is 0. The average Bonchev–Trinajstić information content (AvgIpc) is 3.56. The molecule has 0 amide bonds. The molecule has 0 saturated carbocycles. The van der Waals surface area contributed by atoms with E-state index in [2.05, 4.69) is 208 Å². The Morgan fingerprint density at radius 1 is 0.450 bits per heavy atom. The van der Waals surface area contributed by atoms with Crippen molar-refractivity contribution in [2.45, 2.75) is 31.6 Å². The van der Waals surface area contributed by atoms with Crippen molar-refractivity contribution < 1.29 is 0 Å². The summed E-state index contributed by atoms with van der Waals surface area (Å²) in [4.78, 5) is 13.4. The van der Waals surface area contributed by atoms with Gasteiger partial charge in [0, 0.05) is 43.9 Å². The Hall–Kier alpha value is -7.36. The Kier molecular flexibility index (Phi) is 6.64. The Bertz CT molecular complexity index is 3490. The third kappa shape index (κ3) is 4.29. The van der Waals surface area contributed by atoms with E-state index in [4.69, 9.17) is 9.97 Å². The van der Waals surface area contributed by atoms with Gasteiger partial charge in [0.2, 0.25) is 0 Å². The minimum Gasteiger partial charge on any atom is -0.308 e. The first-order valence-corrected chi connectivity index (χ1v) is 21.0. The van der Waals surface area contributed by atoms with Crippen molar-refractivity contribution in [2.24, 2.45) is 0 Å². The number of anilines is 3. The van der Waals surface area contributed by atoms with Crippen molar-refractivity contribution in [3.8, 4) is 44.9 Å². The maximum Gasteiger partial charge on any atom is 0.160 e. The van der Waals surface area contributed by atoms with Crippen LogP contribution in [0.5, 0.6) is 0 Å². The van der Waals surface area contributed by atoms with Gasteiger partial charge in [-0.1, -0.05) is 166 Å². The predicted octanol–water partition coefficient (Wildman–Crippen LogP) is 14.7. The second kappa shape index (κ2) is 11.9. The molecule has 0 radical (unpaired) electrons. The van der Waals surface area contributed by atoms with Crippen LogP contribution in [0, 0.1) is 0 Å². The summed E-state index contributed by atoms with van der Waals surface area (Å²) in [7, 11) is 0. The lowest BCUT2D eigenvalue weighted by atomic mass is 9.71. The number of fused-ring (bicyclic) bond motifs is 8. The normalized spacial score (nSPS) is 16.4. The van der Waals surface area contributed by atoms with Gasteiger partial charge >= 0.3 is 0 Å². The molecule has 10 aromatic rings. The molecule has 3 aliphatic rings. The number of hydrogen-bond acceptors (Lipinski definition) is 3. The topological polar surface area (TPSA) is 29.0 Å². The summed E-state index contributed by atoms with van der Waals surface area (Å²) in [6.45, 7) is 7.27. The van der Waals surface area contributed by atoms with E-state index >= 15 is 0 Å². The summed E-state index contributed by atoms with van der Waals surface area (Å²) in [5.74, 6) is 0.727. The van der Waals surface area contributed by atoms with Crippen LogP contribution in [-0.4, -0.2) is 9.97 Å². The van der Waals surface area contributed by atoms with Crippen LogP contribution in [0.15, 0.2) is 182 Å². The minimum atomic E-state index is -0.484. The van der Waals surface area contributed by atoms with Crippen LogP contribution in [0.3, 0.4) is 0 Å². The van der Waals surface area contributed by atoms with Crippen molar-refractivity contribution >= 4 is 49.5 Å². The zero-order valence-electron chi connectivity index (χ0n) is 33.7. The van der Waals surface area contributed by atoms with Crippen LogP contribution in [-0.2, 0) is 10.8 Å². The van der Waals surface area contributed by atoms with Crippen molar-refractivity contribution in [2.75, 3.05) is 4.90 Å². The van der Waals surface area contributed by atoms with Gasteiger partial charge in [0.05, 0.1) is 28.3 Å². The highest BCUT2D eigenvalue weighted by atomic mass is 15.2. The lowest BCUT2D eigenvalue weighted by Gasteiger charge is -2.41.